The van der Waals surface area contributed by atoms with Crippen molar-refractivity contribution in [2.45, 2.75) is 20.3 Å². The van der Waals surface area contributed by atoms with Crippen molar-refractivity contribution in [3.8, 4) is 0 Å². The molecule has 0 aliphatic carbocycles. The van der Waals surface area contributed by atoms with Gasteiger partial charge in [0.2, 0.25) is 0 Å². The zero-order valence-corrected chi connectivity index (χ0v) is 14.1. The summed E-state index contributed by atoms with van der Waals surface area (Å²) in [4.78, 5) is 33.6. The van der Waals surface area contributed by atoms with E-state index in [0.717, 1.165) is 15.8 Å². The van der Waals surface area contributed by atoms with Gasteiger partial charge in [0.15, 0.2) is 5.65 Å². The van der Waals surface area contributed by atoms with Crippen molar-refractivity contribution in [3.05, 3.63) is 56.5 Å². The number of nitrogens with zero attached hydrogens (tertiary/aromatic N) is 4. The third-order valence-electron chi connectivity index (χ3n) is 4.07. The van der Waals surface area contributed by atoms with Crippen LogP contribution in [0.3, 0.4) is 0 Å². The van der Waals surface area contributed by atoms with Crippen molar-refractivity contribution in [1.82, 2.24) is 19.1 Å². The highest BCUT2D eigenvalue weighted by Crippen LogP contribution is 2.26. The summed E-state index contributed by atoms with van der Waals surface area (Å²) in [5.74, 6) is 0.646. The van der Waals surface area contributed by atoms with E-state index in [2.05, 4.69) is 15.3 Å². The highest BCUT2D eigenvalue weighted by Gasteiger charge is 2.17. The predicted octanol–water partition coefficient (Wildman–Crippen LogP) is 1.64. The van der Waals surface area contributed by atoms with Crippen LogP contribution in [-0.4, -0.2) is 19.1 Å². The minimum atomic E-state index is -0.399. The lowest BCUT2D eigenvalue weighted by molar-refractivity contribution is 0.707. The van der Waals surface area contributed by atoms with Gasteiger partial charge >= 0.3 is 5.69 Å². The first-order valence-corrected chi connectivity index (χ1v) is 7.72. The van der Waals surface area contributed by atoms with Crippen LogP contribution in [0.25, 0.3) is 11.0 Å². The van der Waals surface area contributed by atoms with Crippen LogP contribution in [0.2, 0.25) is 0 Å². The Labute approximate surface area is 138 Å². The summed E-state index contributed by atoms with van der Waals surface area (Å²) in [6.45, 7) is 3.89. The summed E-state index contributed by atoms with van der Waals surface area (Å²) < 4.78 is 2.48. The molecule has 3 aromatic heterocycles. The van der Waals surface area contributed by atoms with Crippen molar-refractivity contribution >= 4 is 22.5 Å². The summed E-state index contributed by atoms with van der Waals surface area (Å²) in [5.41, 5.74) is 2.00. The van der Waals surface area contributed by atoms with Gasteiger partial charge in [0, 0.05) is 26.0 Å². The smallest absolute Gasteiger partial charge is 0.332 e. The molecule has 0 saturated heterocycles. The molecular formula is C17H19N5O2. The van der Waals surface area contributed by atoms with Gasteiger partial charge in [0.25, 0.3) is 5.56 Å². The van der Waals surface area contributed by atoms with Crippen molar-refractivity contribution in [1.29, 1.82) is 0 Å². The molecule has 0 spiro atoms. The molecule has 3 rings (SSSR count). The first kappa shape index (κ1) is 15.9. The summed E-state index contributed by atoms with van der Waals surface area (Å²) in [7, 11) is 3.08. The third kappa shape index (κ3) is 2.47. The van der Waals surface area contributed by atoms with Gasteiger partial charge in [-0.15, -0.1) is 0 Å². The molecule has 3 heterocycles. The fraction of sp³-hybridized carbons (Fsp3) is 0.294. The van der Waals surface area contributed by atoms with Crippen LogP contribution >= 0.6 is 0 Å². The number of aromatic nitrogens is 4. The standard InChI is InChI=1S/C17H19N5O2/c1-5-11-9-18-15-13(16(23)22(4)17(24)21(15)3)14(11)20-12-8-6-7-10(2)19-12/h6-9H,5H2,1-4H3,(H,18,19,20). The summed E-state index contributed by atoms with van der Waals surface area (Å²) >= 11 is 0. The van der Waals surface area contributed by atoms with E-state index in [1.54, 1.807) is 13.2 Å². The largest absolute Gasteiger partial charge is 0.339 e. The van der Waals surface area contributed by atoms with E-state index in [1.165, 1.54) is 11.6 Å². The van der Waals surface area contributed by atoms with Crippen molar-refractivity contribution < 1.29 is 0 Å². The first-order chi connectivity index (χ1) is 11.4. The quantitative estimate of drug-likeness (QED) is 0.792. The second kappa shape index (κ2) is 5.92. The molecule has 0 fully saturated rings. The molecule has 0 aliphatic heterocycles. The number of pyridine rings is 2. The lowest BCUT2D eigenvalue weighted by Gasteiger charge is -2.15. The Morgan fingerprint density at radius 1 is 1.17 bits per heavy atom. The molecule has 0 bridgehead atoms. The van der Waals surface area contributed by atoms with Gasteiger partial charge < -0.3 is 5.32 Å². The van der Waals surface area contributed by atoms with Crippen LogP contribution in [0.5, 0.6) is 0 Å². The molecule has 24 heavy (non-hydrogen) atoms. The Hall–Kier alpha value is -2.96. The monoisotopic (exact) mass is 325 g/mol. The summed E-state index contributed by atoms with van der Waals surface area (Å²) in [6.07, 6.45) is 2.39. The maximum Gasteiger partial charge on any atom is 0.332 e. The molecule has 0 aromatic carbocycles. The first-order valence-electron chi connectivity index (χ1n) is 7.72. The SMILES string of the molecule is CCc1cnc2c(c1Nc1cccc(C)n1)c(=O)n(C)c(=O)n2C. The zero-order chi connectivity index (χ0) is 17.4. The molecule has 7 heteroatoms. The van der Waals surface area contributed by atoms with E-state index in [0.29, 0.717) is 29.0 Å². The van der Waals surface area contributed by atoms with Crippen LogP contribution in [0.1, 0.15) is 18.2 Å². The molecule has 3 aromatic rings. The van der Waals surface area contributed by atoms with Gasteiger partial charge in [-0.05, 0) is 31.0 Å². The van der Waals surface area contributed by atoms with Crippen molar-refractivity contribution in [2.75, 3.05) is 5.32 Å². The van der Waals surface area contributed by atoms with Crippen LogP contribution in [0, 0.1) is 6.92 Å². The summed E-state index contributed by atoms with van der Waals surface area (Å²) in [5, 5.41) is 3.63. The third-order valence-corrected chi connectivity index (χ3v) is 4.07. The Morgan fingerprint density at radius 2 is 1.92 bits per heavy atom. The van der Waals surface area contributed by atoms with E-state index in [9.17, 15) is 9.59 Å². The Bertz CT molecular complexity index is 1050. The molecule has 124 valence electrons. The highest BCUT2D eigenvalue weighted by molar-refractivity contribution is 5.91. The maximum absolute atomic E-state index is 12.7. The van der Waals surface area contributed by atoms with Crippen LogP contribution in [-0.2, 0) is 20.5 Å². The second-order valence-electron chi connectivity index (χ2n) is 5.71. The number of nitrogens with one attached hydrogen (secondary N) is 1. The van der Waals surface area contributed by atoms with E-state index >= 15 is 0 Å². The minimum absolute atomic E-state index is 0.357. The van der Waals surface area contributed by atoms with Gasteiger partial charge in [-0.1, -0.05) is 13.0 Å². The molecule has 0 saturated carbocycles. The molecule has 7 nitrogen and oxygen atoms in total. The second-order valence-corrected chi connectivity index (χ2v) is 5.71. The van der Waals surface area contributed by atoms with Gasteiger partial charge in [0.1, 0.15) is 11.2 Å². The Balaban J connectivity index is 2.36. The zero-order valence-electron chi connectivity index (χ0n) is 14.1. The Morgan fingerprint density at radius 3 is 2.58 bits per heavy atom. The number of aryl methyl sites for hydroxylation is 3. The molecule has 1 N–H and O–H groups in total. The summed E-state index contributed by atoms with van der Waals surface area (Å²) in [6, 6.07) is 5.64. The van der Waals surface area contributed by atoms with Gasteiger partial charge in [-0.2, -0.15) is 0 Å². The van der Waals surface area contributed by atoms with E-state index in [4.69, 9.17) is 0 Å². The van der Waals surface area contributed by atoms with Gasteiger partial charge in [0.05, 0.1) is 5.69 Å². The fourth-order valence-corrected chi connectivity index (χ4v) is 2.72. The topological polar surface area (TPSA) is 81.8 Å². The van der Waals surface area contributed by atoms with Gasteiger partial charge in [-0.25, -0.2) is 14.8 Å². The van der Waals surface area contributed by atoms with E-state index in [-0.39, 0.29) is 5.56 Å². The van der Waals surface area contributed by atoms with E-state index in [1.807, 2.05) is 32.0 Å². The number of hydrogen-bond donors (Lipinski definition) is 1. The normalized spacial score (nSPS) is 11.0. The number of fused-ring (bicyclic) bond motifs is 1. The number of rotatable bonds is 3. The molecule has 0 atom stereocenters. The molecule has 0 unspecified atom stereocenters. The molecule has 0 aliphatic rings. The molecule has 0 radical (unpaired) electrons. The number of hydrogen-bond acceptors (Lipinski definition) is 5. The van der Waals surface area contributed by atoms with Crippen LogP contribution in [0.4, 0.5) is 11.5 Å². The maximum atomic E-state index is 12.7. The fourth-order valence-electron chi connectivity index (χ4n) is 2.72. The average molecular weight is 325 g/mol. The molecular weight excluding hydrogens is 306 g/mol. The van der Waals surface area contributed by atoms with Crippen molar-refractivity contribution in [3.63, 3.8) is 0 Å². The Kier molecular flexibility index (Phi) is 3.92. The van der Waals surface area contributed by atoms with Crippen LogP contribution in [0.15, 0.2) is 34.0 Å². The predicted molar refractivity (Wildman–Crippen MR) is 93.9 cm³/mol. The van der Waals surface area contributed by atoms with Crippen LogP contribution < -0.4 is 16.6 Å². The molecule has 0 amide bonds. The minimum Gasteiger partial charge on any atom is -0.339 e. The van der Waals surface area contributed by atoms with Gasteiger partial charge in [-0.3, -0.25) is 13.9 Å². The lowest BCUT2D eigenvalue weighted by atomic mass is 10.1. The van der Waals surface area contributed by atoms with E-state index < -0.39 is 5.69 Å². The average Bonchev–Trinajstić information content (AvgIpc) is 2.57. The lowest BCUT2D eigenvalue weighted by Crippen LogP contribution is -2.37. The van der Waals surface area contributed by atoms with Crippen molar-refractivity contribution in [2.24, 2.45) is 14.1 Å². The highest BCUT2D eigenvalue weighted by atomic mass is 16.2. The number of anilines is 2.